The maximum Gasteiger partial charge on any atom is 0.246 e. The van der Waals surface area contributed by atoms with Crippen LogP contribution in [0.1, 0.15) is 31.4 Å². The van der Waals surface area contributed by atoms with Gasteiger partial charge in [-0.15, -0.1) is 0 Å². The first-order valence-electron chi connectivity index (χ1n) is 6.52. The predicted octanol–water partition coefficient (Wildman–Crippen LogP) is 2.93. The van der Waals surface area contributed by atoms with Crippen LogP contribution in [-0.4, -0.2) is 29.8 Å². The molecule has 0 aliphatic carbocycles. The molecule has 0 aromatic heterocycles. The van der Waals surface area contributed by atoms with E-state index >= 15 is 0 Å². The van der Waals surface area contributed by atoms with Crippen LogP contribution in [0.2, 0.25) is 10.0 Å². The number of nitrogens with one attached hydrogen (secondary N) is 1. The number of rotatable bonds is 3. The summed E-state index contributed by atoms with van der Waals surface area (Å²) >= 11 is 12.0. The maximum absolute atomic E-state index is 13.5. The van der Waals surface area contributed by atoms with Gasteiger partial charge in [-0.3, -0.25) is 19.8 Å². The molecule has 1 heterocycles. The molecule has 0 spiro atoms. The molecule has 1 aliphatic rings. The Morgan fingerprint density at radius 3 is 2.71 bits per heavy atom. The number of likely N-dealkylation sites (N-methyl/N-ethyl adjacent to an activating group) is 1. The molecule has 2 rings (SSSR count). The molecule has 0 radical (unpaired) electrons. The highest BCUT2D eigenvalue weighted by molar-refractivity contribution is 6.36. The Balaban J connectivity index is 2.19. The van der Waals surface area contributed by atoms with Gasteiger partial charge in [0.25, 0.3) is 0 Å². The number of imide groups is 1. The van der Waals surface area contributed by atoms with Gasteiger partial charge in [0.05, 0.1) is 11.1 Å². The van der Waals surface area contributed by atoms with E-state index in [1.54, 1.807) is 6.92 Å². The van der Waals surface area contributed by atoms with Crippen LogP contribution in [0.5, 0.6) is 0 Å². The average molecular weight is 333 g/mol. The van der Waals surface area contributed by atoms with Crippen LogP contribution < -0.4 is 5.32 Å². The lowest BCUT2D eigenvalue weighted by Crippen LogP contribution is -2.51. The fourth-order valence-electron chi connectivity index (χ4n) is 2.40. The molecule has 2 amide bonds. The zero-order valence-electron chi connectivity index (χ0n) is 11.6. The zero-order chi connectivity index (χ0) is 15.7. The Bertz CT molecular complexity index is 595. The molecular weight excluding hydrogens is 318 g/mol. The third-order valence-corrected chi connectivity index (χ3v) is 4.33. The van der Waals surface area contributed by atoms with Crippen LogP contribution in [0.15, 0.2) is 12.1 Å². The molecular formula is C14H15Cl2FN2O2. The summed E-state index contributed by atoms with van der Waals surface area (Å²) in [5.41, 5.74) is 0.408. The van der Waals surface area contributed by atoms with Crippen molar-refractivity contribution in [2.45, 2.75) is 31.8 Å². The Kier molecular flexibility index (Phi) is 4.86. The number of halogens is 3. The van der Waals surface area contributed by atoms with Crippen LogP contribution in [0, 0.1) is 5.82 Å². The Hall–Kier alpha value is -1.17. The van der Waals surface area contributed by atoms with Gasteiger partial charge in [-0.2, -0.15) is 0 Å². The topological polar surface area (TPSA) is 49.4 Å². The fourth-order valence-corrected chi connectivity index (χ4v) is 3.09. The summed E-state index contributed by atoms with van der Waals surface area (Å²) in [4.78, 5) is 24.6. The molecule has 2 unspecified atom stereocenters. The van der Waals surface area contributed by atoms with Crippen LogP contribution in [0.3, 0.4) is 0 Å². The number of carbonyl (C=O) groups is 2. The van der Waals surface area contributed by atoms with E-state index in [0.29, 0.717) is 17.0 Å². The lowest BCUT2D eigenvalue weighted by molar-refractivity contribution is -0.148. The van der Waals surface area contributed by atoms with Crippen molar-refractivity contribution in [3.05, 3.63) is 33.6 Å². The highest BCUT2D eigenvalue weighted by Crippen LogP contribution is 2.33. The molecule has 2 atom stereocenters. The first-order valence-corrected chi connectivity index (χ1v) is 7.28. The molecule has 21 heavy (non-hydrogen) atoms. The van der Waals surface area contributed by atoms with Gasteiger partial charge < -0.3 is 0 Å². The maximum atomic E-state index is 13.5. The smallest absolute Gasteiger partial charge is 0.246 e. The fraction of sp³-hybridized carbons (Fsp3) is 0.429. The van der Waals surface area contributed by atoms with Crippen molar-refractivity contribution in [1.29, 1.82) is 0 Å². The minimum atomic E-state index is -0.563. The number of likely N-dealkylation sites (tertiary alicyclic amines) is 1. The summed E-state index contributed by atoms with van der Waals surface area (Å²) in [5, 5.41) is 3.33. The van der Waals surface area contributed by atoms with Gasteiger partial charge in [-0.25, -0.2) is 4.39 Å². The summed E-state index contributed by atoms with van der Waals surface area (Å²) in [6.45, 7) is 1.75. The van der Waals surface area contributed by atoms with E-state index in [1.165, 1.54) is 19.2 Å². The van der Waals surface area contributed by atoms with E-state index in [0.717, 1.165) is 4.90 Å². The van der Waals surface area contributed by atoms with Crippen molar-refractivity contribution in [2.24, 2.45) is 0 Å². The van der Waals surface area contributed by atoms with Crippen LogP contribution >= 0.6 is 23.2 Å². The van der Waals surface area contributed by atoms with Crippen molar-refractivity contribution in [2.75, 3.05) is 7.05 Å². The quantitative estimate of drug-likeness (QED) is 0.683. The molecule has 114 valence electrons. The summed E-state index contributed by atoms with van der Waals surface area (Å²) in [6, 6.07) is 1.68. The highest BCUT2D eigenvalue weighted by Gasteiger charge is 2.33. The third-order valence-electron chi connectivity index (χ3n) is 3.61. The van der Waals surface area contributed by atoms with Gasteiger partial charge >= 0.3 is 0 Å². The molecule has 1 fully saturated rings. The number of hydrogen-bond acceptors (Lipinski definition) is 3. The van der Waals surface area contributed by atoms with Gasteiger partial charge in [0, 0.05) is 30.1 Å². The minimum Gasteiger partial charge on any atom is -0.299 e. The molecule has 1 aromatic carbocycles. The number of piperidine rings is 1. The monoisotopic (exact) mass is 332 g/mol. The second-order valence-corrected chi connectivity index (χ2v) is 5.81. The van der Waals surface area contributed by atoms with Crippen molar-refractivity contribution >= 4 is 35.0 Å². The lowest BCUT2D eigenvalue weighted by atomic mass is 10.0. The van der Waals surface area contributed by atoms with Crippen molar-refractivity contribution in [3.63, 3.8) is 0 Å². The lowest BCUT2D eigenvalue weighted by Gasteiger charge is -2.31. The van der Waals surface area contributed by atoms with Crippen LogP contribution in [-0.2, 0) is 9.59 Å². The number of benzene rings is 1. The minimum absolute atomic E-state index is 0.0600. The molecule has 0 bridgehead atoms. The summed E-state index contributed by atoms with van der Waals surface area (Å²) in [6.07, 6.45) is 0.689. The zero-order valence-corrected chi connectivity index (χ0v) is 13.1. The Labute approximate surface area is 132 Å². The van der Waals surface area contributed by atoms with Crippen molar-refractivity contribution in [3.8, 4) is 0 Å². The normalized spacial score (nSPS) is 20.8. The van der Waals surface area contributed by atoms with Crippen LogP contribution in [0.25, 0.3) is 0 Å². The molecule has 1 aromatic rings. The second-order valence-electron chi connectivity index (χ2n) is 5.03. The van der Waals surface area contributed by atoms with Gasteiger partial charge in [0.15, 0.2) is 0 Å². The van der Waals surface area contributed by atoms with Gasteiger partial charge in [0.1, 0.15) is 5.82 Å². The van der Waals surface area contributed by atoms with E-state index in [-0.39, 0.29) is 23.3 Å². The summed E-state index contributed by atoms with van der Waals surface area (Å²) < 4.78 is 13.5. The van der Waals surface area contributed by atoms with Crippen molar-refractivity contribution in [1.82, 2.24) is 10.2 Å². The molecule has 4 nitrogen and oxygen atoms in total. The van der Waals surface area contributed by atoms with Gasteiger partial charge in [-0.05, 0) is 25.5 Å². The predicted molar refractivity (Wildman–Crippen MR) is 78.8 cm³/mol. The number of amides is 2. The summed E-state index contributed by atoms with van der Waals surface area (Å²) in [5.74, 6) is -1.07. The molecule has 1 saturated heterocycles. The SMILES string of the molecule is CC(NC1CCC(=O)N(C)C1=O)c1c(Cl)ccc(F)c1Cl. The largest absolute Gasteiger partial charge is 0.299 e. The number of hydrogen-bond donors (Lipinski definition) is 1. The van der Waals surface area contributed by atoms with E-state index in [2.05, 4.69) is 5.32 Å². The van der Waals surface area contributed by atoms with Crippen molar-refractivity contribution < 1.29 is 14.0 Å². The molecule has 7 heteroatoms. The average Bonchev–Trinajstić information content (AvgIpc) is 2.44. The molecule has 1 aliphatic heterocycles. The second kappa shape index (κ2) is 6.30. The molecule has 0 saturated carbocycles. The van der Waals surface area contributed by atoms with Gasteiger partial charge in [0.2, 0.25) is 11.8 Å². The standard InChI is InChI=1S/C14H15Cl2FN2O2/c1-7(12-8(15)3-4-9(17)13(12)16)18-10-5-6-11(20)19(2)14(10)21/h3-4,7,10,18H,5-6H2,1-2H3. The van der Waals surface area contributed by atoms with Gasteiger partial charge in [-0.1, -0.05) is 23.2 Å². The molecule has 1 N–H and O–H groups in total. The highest BCUT2D eigenvalue weighted by atomic mass is 35.5. The van der Waals surface area contributed by atoms with E-state index in [1.807, 2.05) is 0 Å². The summed E-state index contributed by atoms with van der Waals surface area (Å²) in [7, 11) is 1.45. The first-order chi connectivity index (χ1) is 9.82. The number of nitrogens with zero attached hydrogens (tertiary/aromatic N) is 1. The van der Waals surface area contributed by atoms with E-state index < -0.39 is 17.9 Å². The first kappa shape index (κ1) is 16.2. The van der Waals surface area contributed by atoms with E-state index in [4.69, 9.17) is 23.2 Å². The Morgan fingerprint density at radius 2 is 2.05 bits per heavy atom. The third kappa shape index (κ3) is 3.20. The van der Waals surface area contributed by atoms with E-state index in [9.17, 15) is 14.0 Å². The number of carbonyl (C=O) groups excluding carboxylic acids is 2. The van der Waals surface area contributed by atoms with Crippen LogP contribution in [0.4, 0.5) is 4.39 Å². The Morgan fingerprint density at radius 1 is 1.38 bits per heavy atom.